The minimum atomic E-state index is -4.74. The maximum Gasteiger partial charge on any atom is 0.573 e. The third kappa shape index (κ3) is 6.09. The van der Waals surface area contributed by atoms with E-state index in [2.05, 4.69) is 4.74 Å². The summed E-state index contributed by atoms with van der Waals surface area (Å²) in [5, 5.41) is 10.5. The van der Waals surface area contributed by atoms with Gasteiger partial charge in [-0.15, -0.1) is 13.2 Å². The van der Waals surface area contributed by atoms with Crippen molar-refractivity contribution < 1.29 is 32.5 Å². The Bertz CT molecular complexity index is 602. The summed E-state index contributed by atoms with van der Waals surface area (Å²) in [6.07, 6.45) is -4.76. The zero-order valence-corrected chi connectivity index (χ0v) is 15.0. The van der Waals surface area contributed by atoms with Crippen molar-refractivity contribution in [2.24, 2.45) is 5.92 Å². The Labute approximate surface area is 150 Å². The van der Waals surface area contributed by atoms with Gasteiger partial charge in [-0.1, -0.05) is 12.1 Å². The van der Waals surface area contributed by atoms with Gasteiger partial charge in [-0.25, -0.2) is 4.79 Å². The van der Waals surface area contributed by atoms with Gasteiger partial charge >= 0.3 is 12.5 Å². The number of hydrogen-bond donors (Lipinski definition) is 1. The van der Waals surface area contributed by atoms with E-state index in [4.69, 9.17) is 4.74 Å². The number of carbonyl (C=O) groups is 1. The van der Waals surface area contributed by atoms with Crippen molar-refractivity contribution in [1.82, 2.24) is 4.90 Å². The van der Waals surface area contributed by atoms with Gasteiger partial charge in [0.15, 0.2) is 0 Å². The van der Waals surface area contributed by atoms with Crippen molar-refractivity contribution in [2.45, 2.75) is 51.7 Å². The summed E-state index contributed by atoms with van der Waals surface area (Å²) < 4.78 is 45.7. The topological polar surface area (TPSA) is 59.0 Å². The summed E-state index contributed by atoms with van der Waals surface area (Å²) in [5.41, 5.74) is -0.0385. The SMILES string of the molecule is CC(C)(C)OC(=O)N1CCC([C@H](O)c2ccc(OC(F)(F)F)cc2)CC1. The summed E-state index contributed by atoms with van der Waals surface area (Å²) in [6.45, 7) is 6.33. The highest BCUT2D eigenvalue weighted by Crippen LogP contribution is 2.32. The van der Waals surface area contributed by atoms with E-state index >= 15 is 0 Å². The number of amides is 1. The van der Waals surface area contributed by atoms with Crippen molar-refractivity contribution in [1.29, 1.82) is 0 Å². The Kier molecular flexibility index (Phi) is 6.05. The highest BCUT2D eigenvalue weighted by atomic mass is 19.4. The van der Waals surface area contributed by atoms with Gasteiger partial charge in [0.25, 0.3) is 0 Å². The fourth-order valence-electron chi connectivity index (χ4n) is 2.86. The van der Waals surface area contributed by atoms with E-state index in [9.17, 15) is 23.1 Å². The molecule has 0 radical (unpaired) electrons. The van der Waals surface area contributed by atoms with Crippen molar-refractivity contribution in [3.8, 4) is 5.75 Å². The molecule has 0 spiro atoms. The number of aliphatic hydroxyl groups excluding tert-OH is 1. The molecule has 26 heavy (non-hydrogen) atoms. The van der Waals surface area contributed by atoms with Crippen LogP contribution in [0.25, 0.3) is 0 Å². The second kappa shape index (κ2) is 7.73. The van der Waals surface area contributed by atoms with Crippen LogP contribution in [0, 0.1) is 5.92 Å². The van der Waals surface area contributed by atoms with Crippen molar-refractivity contribution in [3.05, 3.63) is 29.8 Å². The lowest BCUT2D eigenvalue weighted by Crippen LogP contribution is -2.42. The lowest BCUT2D eigenvalue weighted by molar-refractivity contribution is -0.274. The quantitative estimate of drug-likeness (QED) is 0.857. The Morgan fingerprint density at radius 3 is 2.15 bits per heavy atom. The van der Waals surface area contributed by atoms with Crippen LogP contribution >= 0.6 is 0 Å². The average Bonchev–Trinajstić information content (AvgIpc) is 2.52. The molecule has 146 valence electrons. The zero-order valence-electron chi connectivity index (χ0n) is 15.0. The Morgan fingerprint density at radius 1 is 1.15 bits per heavy atom. The summed E-state index contributed by atoms with van der Waals surface area (Å²) >= 11 is 0. The predicted octanol–water partition coefficient (Wildman–Crippen LogP) is 4.27. The molecular formula is C18H24F3NO4. The maximum absolute atomic E-state index is 12.2. The van der Waals surface area contributed by atoms with E-state index in [1.807, 2.05) is 0 Å². The van der Waals surface area contributed by atoms with Crippen LogP contribution in [0.5, 0.6) is 5.75 Å². The summed E-state index contributed by atoms with van der Waals surface area (Å²) in [4.78, 5) is 13.7. The molecule has 0 unspecified atom stereocenters. The molecule has 5 nitrogen and oxygen atoms in total. The third-order valence-corrected chi connectivity index (χ3v) is 4.09. The van der Waals surface area contributed by atoms with Crippen LogP contribution in [0.15, 0.2) is 24.3 Å². The van der Waals surface area contributed by atoms with Crippen LogP contribution in [0.1, 0.15) is 45.3 Å². The molecule has 1 aromatic rings. The average molecular weight is 375 g/mol. The molecule has 8 heteroatoms. The zero-order chi connectivity index (χ0) is 19.5. The number of aliphatic hydroxyl groups is 1. The number of halogens is 3. The van der Waals surface area contributed by atoms with Crippen LogP contribution in [-0.2, 0) is 4.74 Å². The van der Waals surface area contributed by atoms with Crippen molar-refractivity contribution in [2.75, 3.05) is 13.1 Å². The summed E-state index contributed by atoms with van der Waals surface area (Å²) in [6, 6.07) is 5.21. The maximum atomic E-state index is 12.2. The molecular weight excluding hydrogens is 351 g/mol. The highest BCUT2D eigenvalue weighted by Gasteiger charge is 2.32. The fraction of sp³-hybridized carbons (Fsp3) is 0.611. The number of alkyl halides is 3. The molecule has 1 aliphatic heterocycles. The van der Waals surface area contributed by atoms with E-state index in [1.165, 1.54) is 24.3 Å². The first-order chi connectivity index (χ1) is 11.9. The molecule has 1 aromatic carbocycles. The Balaban J connectivity index is 1.90. The van der Waals surface area contributed by atoms with Crippen LogP contribution in [-0.4, -0.2) is 41.2 Å². The Morgan fingerprint density at radius 2 is 1.69 bits per heavy atom. The highest BCUT2D eigenvalue weighted by molar-refractivity contribution is 5.68. The Hall–Kier alpha value is -1.96. The number of hydrogen-bond acceptors (Lipinski definition) is 4. The largest absolute Gasteiger partial charge is 0.573 e. The second-order valence-electron chi connectivity index (χ2n) is 7.37. The molecule has 2 rings (SSSR count). The third-order valence-electron chi connectivity index (χ3n) is 4.09. The smallest absolute Gasteiger partial charge is 0.444 e. The number of benzene rings is 1. The van der Waals surface area contributed by atoms with Gasteiger partial charge in [-0.3, -0.25) is 0 Å². The first kappa shape index (κ1) is 20.4. The van der Waals surface area contributed by atoms with Gasteiger partial charge < -0.3 is 19.5 Å². The minimum Gasteiger partial charge on any atom is -0.444 e. The van der Waals surface area contributed by atoms with E-state index < -0.39 is 18.1 Å². The molecule has 0 bridgehead atoms. The van der Waals surface area contributed by atoms with Gasteiger partial charge in [0.05, 0.1) is 6.10 Å². The molecule has 0 saturated carbocycles. The number of rotatable bonds is 3. The normalized spacial score (nSPS) is 17.7. The first-order valence-corrected chi connectivity index (χ1v) is 8.46. The van der Waals surface area contributed by atoms with Crippen molar-refractivity contribution >= 4 is 6.09 Å². The van der Waals surface area contributed by atoms with E-state index in [0.717, 1.165) is 0 Å². The van der Waals surface area contributed by atoms with Crippen LogP contribution in [0.2, 0.25) is 0 Å². The molecule has 1 saturated heterocycles. The summed E-state index contributed by atoms with van der Waals surface area (Å²) in [5.74, 6) is -0.406. The van der Waals surface area contributed by atoms with Gasteiger partial charge in [0.2, 0.25) is 0 Å². The molecule has 1 amide bonds. The van der Waals surface area contributed by atoms with Crippen LogP contribution in [0.3, 0.4) is 0 Å². The van der Waals surface area contributed by atoms with Gasteiger partial charge in [0, 0.05) is 13.1 Å². The molecule has 1 heterocycles. The molecule has 1 aliphatic rings. The number of piperidine rings is 1. The van der Waals surface area contributed by atoms with E-state index in [1.54, 1.807) is 25.7 Å². The lowest BCUT2D eigenvalue weighted by atomic mass is 9.87. The first-order valence-electron chi connectivity index (χ1n) is 8.46. The molecule has 0 aliphatic carbocycles. The number of carbonyl (C=O) groups excluding carboxylic acids is 1. The van der Waals surface area contributed by atoms with E-state index in [-0.39, 0.29) is 17.8 Å². The second-order valence-corrected chi connectivity index (χ2v) is 7.37. The molecule has 1 fully saturated rings. The van der Waals surface area contributed by atoms with Crippen molar-refractivity contribution in [3.63, 3.8) is 0 Å². The molecule has 0 aromatic heterocycles. The van der Waals surface area contributed by atoms with Crippen LogP contribution < -0.4 is 4.74 Å². The molecule has 1 N–H and O–H groups in total. The fourth-order valence-corrected chi connectivity index (χ4v) is 2.86. The van der Waals surface area contributed by atoms with Gasteiger partial charge in [-0.2, -0.15) is 0 Å². The predicted molar refractivity (Wildman–Crippen MR) is 88.6 cm³/mol. The minimum absolute atomic E-state index is 0.0805. The van der Waals surface area contributed by atoms with Gasteiger partial charge in [-0.05, 0) is 57.2 Å². The number of ether oxygens (including phenoxy) is 2. The number of likely N-dealkylation sites (tertiary alicyclic amines) is 1. The standard InChI is InChI=1S/C18H24F3NO4/c1-17(2,3)26-16(24)22-10-8-13(9-11-22)15(23)12-4-6-14(7-5-12)25-18(19,20)21/h4-7,13,15,23H,8-11H2,1-3H3/t15-/m1/s1. The van der Waals surface area contributed by atoms with Gasteiger partial charge in [0.1, 0.15) is 11.4 Å². The summed E-state index contributed by atoms with van der Waals surface area (Å²) in [7, 11) is 0. The molecule has 1 atom stereocenters. The lowest BCUT2D eigenvalue weighted by Gasteiger charge is -2.35. The monoisotopic (exact) mass is 375 g/mol. The van der Waals surface area contributed by atoms with E-state index in [0.29, 0.717) is 31.5 Å². The number of nitrogens with zero attached hydrogens (tertiary/aromatic N) is 1. The van der Waals surface area contributed by atoms with Crippen LogP contribution in [0.4, 0.5) is 18.0 Å².